The molecule has 0 fully saturated rings. The summed E-state index contributed by atoms with van der Waals surface area (Å²) in [7, 11) is 1.54. The molecular formula is C25H21Cl2N3O2. The van der Waals surface area contributed by atoms with Crippen molar-refractivity contribution < 1.29 is 9.53 Å². The number of benzene rings is 3. The molecule has 1 amide bonds. The zero-order valence-electron chi connectivity index (χ0n) is 17.8. The number of hydrazone groups is 1. The van der Waals surface area contributed by atoms with Gasteiger partial charge in [-0.25, -0.2) is 5.43 Å². The molecule has 0 saturated carbocycles. The lowest BCUT2D eigenvalue weighted by molar-refractivity contribution is 0.0952. The Kier molecular flexibility index (Phi) is 6.21. The van der Waals surface area contributed by atoms with Gasteiger partial charge in [0.05, 0.1) is 29.6 Å². The molecule has 0 saturated heterocycles. The molecule has 0 aliphatic rings. The predicted molar refractivity (Wildman–Crippen MR) is 131 cm³/mol. The minimum atomic E-state index is -0.349. The van der Waals surface area contributed by atoms with E-state index in [1.165, 1.54) is 0 Å². The molecule has 4 rings (SSSR count). The second kappa shape index (κ2) is 9.07. The van der Waals surface area contributed by atoms with Crippen LogP contribution in [0.3, 0.4) is 0 Å². The van der Waals surface area contributed by atoms with E-state index in [-0.39, 0.29) is 5.91 Å². The Balaban J connectivity index is 1.59. The molecule has 0 spiro atoms. The van der Waals surface area contributed by atoms with E-state index in [0.717, 1.165) is 33.4 Å². The van der Waals surface area contributed by atoms with Gasteiger partial charge in [-0.2, -0.15) is 5.10 Å². The minimum absolute atomic E-state index is 0.349. The lowest BCUT2D eigenvalue weighted by atomic mass is 10.1. The molecule has 3 aromatic carbocycles. The quantitative estimate of drug-likeness (QED) is 0.276. The van der Waals surface area contributed by atoms with E-state index < -0.39 is 0 Å². The van der Waals surface area contributed by atoms with Crippen molar-refractivity contribution in [1.29, 1.82) is 0 Å². The maximum absolute atomic E-state index is 12.8. The average Bonchev–Trinajstić information content (AvgIpc) is 3.06. The first-order chi connectivity index (χ1) is 15.4. The van der Waals surface area contributed by atoms with Gasteiger partial charge < -0.3 is 9.30 Å². The highest BCUT2D eigenvalue weighted by atomic mass is 35.5. The van der Waals surface area contributed by atoms with Gasteiger partial charge in [0.15, 0.2) is 0 Å². The molecule has 0 bridgehead atoms. The van der Waals surface area contributed by atoms with Crippen LogP contribution in [0.2, 0.25) is 10.0 Å². The van der Waals surface area contributed by atoms with Crippen LogP contribution in [0.4, 0.5) is 0 Å². The fourth-order valence-electron chi connectivity index (χ4n) is 3.74. The molecule has 1 N–H and O–H groups in total. The number of fused-ring (bicyclic) bond motifs is 1. The summed E-state index contributed by atoms with van der Waals surface area (Å²) in [5, 5.41) is 7.25. The molecule has 7 heteroatoms. The van der Waals surface area contributed by atoms with Gasteiger partial charge in [-0.05, 0) is 61.0 Å². The zero-order valence-corrected chi connectivity index (χ0v) is 19.3. The van der Waals surface area contributed by atoms with Gasteiger partial charge in [0.2, 0.25) is 0 Å². The van der Waals surface area contributed by atoms with Crippen molar-refractivity contribution in [3.05, 3.63) is 93.2 Å². The van der Waals surface area contributed by atoms with E-state index in [1.54, 1.807) is 31.5 Å². The number of aromatic nitrogens is 1. The molecule has 162 valence electrons. The summed E-state index contributed by atoms with van der Waals surface area (Å²) in [6.07, 6.45) is 1.62. The molecular weight excluding hydrogens is 445 g/mol. The van der Waals surface area contributed by atoms with Crippen LogP contribution in [0.25, 0.3) is 16.5 Å². The Morgan fingerprint density at radius 1 is 1.03 bits per heavy atom. The SMILES string of the molecule is COc1cc2ccccc2cc1C(=O)NN=Cc1cc(C)n(-c2ccc(Cl)cc2Cl)c1C. The fraction of sp³-hybridized carbons (Fsp3) is 0.120. The van der Waals surface area contributed by atoms with Crippen molar-refractivity contribution in [3.63, 3.8) is 0 Å². The van der Waals surface area contributed by atoms with Crippen LogP contribution in [-0.2, 0) is 0 Å². The first-order valence-electron chi connectivity index (χ1n) is 9.93. The van der Waals surface area contributed by atoms with Crippen LogP contribution in [0, 0.1) is 13.8 Å². The van der Waals surface area contributed by atoms with Crippen molar-refractivity contribution in [2.45, 2.75) is 13.8 Å². The number of halogens is 2. The maximum atomic E-state index is 12.8. The number of nitrogens with one attached hydrogen (secondary N) is 1. The number of carbonyl (C=O) groups is 1. The van der Waals surface area contributed by atoms with Gasteiger partial charge in [0, 0.05) is 22.0 Å². The maximum Gasteiger partial charge on any atom is 0.275 e. The smallest absolute Gasteiger partial charge is 0.275 e. The normalized spacial score (nSPS) is 11.3. The number of hydrogen-bond donors (Lipinski definition) is 1. The standard InChI is InChI=1S/C25H21Cl2N3O2/c1-15-10-19(16(2)30(15)23-9-8-20(26)13-22(23)27)14-28-29-25(31)21-11-17-6-4-5-7-18(17)12-24(21)32-3/h4-14H,1-3H3,(H,29,31). The summed E-state index contributed by atoms with van der Waals surface area (Å²) >= 11 is 12.4. The van der Waals surface area contributed by atoms with Gasteiger partial charge >= 0.3 is 0 Å². The summed E-state index contributed by atoms with van der Waals surface area (Å²) in [6.45, 7) is 3.95. The highest BCUT2D eigenvalue weighted by Gasteiger charge is 2.15. The largest absolute Gasteiger partial charge is 0.496 e. The van der Waals surface area contributed by atoms with Crippen molar-refractivity contribution >= 4 is 46.1 Å². The van der Waals surface area contributed by atoms with Crippen LogP contribution in [0.5, 0.6) is 5.75 Å². The highest BCUT2D eigenvalue weighted by molar-refractivity contribution is 6.35. The van der Waals surface area contributed by atoms with Crippen LogP contribution in [-0.4, -0.2) is 23.8 Å². The zero-order chi connectivity index (χ0) is 22.8. The van der Waals surface area contributed by atoms with Gasteiger partial charge in [0.25, 0.3) is 5.91 Å². The van der Waals surface area contributed by atoms with Crippen LogP contribution in [0.1, 0.15) is 27.3 Å². The fourth-order valence-corrected chi connectivity index (χ4v) is 4.23. The van der Waals surface area contributed by atoms with E-state index in [9.17, 15) is 4.79 Å². The number of methoxy groups -OCH3 is 1. The Morgan fingerprint density at radius 2 is 1.75 bits per heavy atom. The number of ether oxygens (including phenoxy) is 1. The molecule has 0 aliphatic heterocycles. The number of rotatable bonds is 5. The highest BCUT2D eigenvalue weighted by Crippen LogP contribution is 2.29. The molecule has 0 radical (unpaired) electrons. The summed E-state index contributed by atoms with van der Waals surface area (Å²) in [5.74, 6) is 0.144. The van der Waals surface area contributed by atoms with Crippen molar-refractivity contribution in [3.8, 4) is 11.4 Å². The van der Waals surface area contributed by atoms with Gasteiger partial charge in [-0.15, -0.1) is 0 Å². The lowest BCUT2D eigenvalue weighted by Gasteiger charge is -2.11. The molecule has 0 atom stereocenters. The number of aryl methyl sites for hydroxylation is 1. The van der Waals surface area contributed by atoms with Gasteiger partial charge in [-0.3, -0.25) is 4.79 Å². The monoisotopic (exact) mass is 465 g/mol. The second-order valence-corrected chi connectivity index (χ2v) is 8.20. The van der Waals surface area contributed by atoms with Crippen LogP contribution in [0.15, 0.2) is 65.8 Å². The Morgan fingerprint density at radius 3 is 2.44 bits per heavy atom. The summed E-state index contributed by atoms with van der Waals surface area (Å²) in [4.78, 5) is 12.8. The van der Waals surface area contributed by atoms with Crippen molar-refractivity contribution in [1.82, 2.24) is 9.99 Å². The number of nitrogens with zero attached hydrogens (tertiary/aromatic N) is 2. The summed E-state index contributed by atoms with van der Waals surface area (Å²) in [5.41, 5.74) is 6.63. The third kappa shape index (κ3) is 4.22. The number of hydrogen-bond acceptors (Lipinski definition) is 3. The lowest BCUT2D eigenvalue weighted by Crippen LogP contribution is -2.18. The third-order valence-electron chi connectivity index (χ3n) is 5.30. The van der Waals surface area contributed by atoms with Gasteiger partial charge in [0.1, 0.15) is 5.75 Å². The molecule has 5 nitrogen and oxygen atoms in total. The summed E-state index contributed by atoms with van der Waals surface area (Å²) < 4.78 is 7.43. The van der Waals surface area contributed by atoms with Crippen LogP contribution >= 0.6 is 23.2 Å². The molecule has 0 unspecified atom stereocenters. The molecule has 0 aliphatic carbocycles. The predicted octanol–water partition coefficient (Wildman–Crippen LogP) is 6.33. The topological polar surface area (TPSA) is 55.6 Å². The van der Waals surface area contributed by atoms with Crippen LogP contribution < -0.4 is 10.2 Å². The van der Waals surface area contributed by atoms with Gasteiger partial charge in [-0.1, -0.05) is 47.5 Å². The minimum Gasteiger partial charge on any atom is -0.496 e. The molecule has 1 aromatic heterocycles. The van der Waals surface area contributed by atoms with E-state index in [2.05, 4.69) is 10.5 Å². The van der Waals surface area contributed by atoms with E-state index in [0.29, 0.717) is 21.4 Å². The third-order valence-corrected chi connectivity index (χ3v) is 5.84. The van der Waals surface area contributed by atoms with E-state index in [1.807, 2.05) is 60.9 Å². The van der Waals surface area contributed by atoms with Crippen molar-refractivity contribution in [2.24, 2.45) is 5.10 Å². The average molecular weight is 466 g/mol. The Labute approximate surface area is 196 Å². The second-order valence-electron chi connectivity index (χ2n) is 7.36. The van der Waals surface area contributed by atoms with E-state index >= 15 is 0 Å². The first-order valence-corrected chi connectivity index (χ1v) is 10.7. The molecule has 32 heavy (non-hydrogen) atoms. The Bertz CT molecular complexity index is 1360. The number of carbonyl (C=O) groups excluding carboxylic acids is 1. The summed E-state index contributed by atoms with van der Waals surface area (Å²) in [6, 6.07) is 18.8. The number of amides is 1. The molecule has 4 aromatic rings. The Hall–Kier alpha value is -3.28. The first kappa shape index (κ1) is 21.9. The van der Waals surface area contributed by atoms with Crippen molar-refractivity contribution in [2.75, 3.05) is 7.11 Å². The van der Waals surface area contributed by atoms with E-state index in [4.69, 9.17) is 27.9 Å². The molecule has 1 heterocycles.